The Hall–Kier alpha value is -1.53. The molecule has 90 valence electrons. The number of nitrogens with zero attached hydrogens (tertiary/aromatic N) is 1. The summed E-state index contributed by atoms with van der Waals surface area (Å²) in [6.45, 7) is 0. The Morgan fingerprint density at radius 2 is 2.35 bits per heavy atom. The first-order chi connectivity index (χ1) is 8.20. The first-order valence-corrected chi connectivity index (χ1v) is 6.01. The Bertz CT molecular complexity index is 493. The molecule has 5 nitrogen and oxygen atoms in total. The van der Waals surface area contributed by atoms with Gasteiger partial charge in [-0.1, -0.05) is 23.9 Å². The highest BCUT2D eigenvalue weighted by Gasteiger charge is 2.15. The third-order valence-corrected chi connectivity index (χ3v) is 3.11. The molecule has 1 aromatic carbocycles. The first-order valence-electron chi connectivity index (χ1n) is 5.02. The van der Waals surface area contributed by atoms with Crippen LogP contribution in [0.1, 0.15) is 0 Å². The molecule has 2 N–H and O–H groups in total. The van der Waals surface area contributed by atoms with Crippen LogP contribution in [0.25, 0.3) is 11.1 Å². The number of fused-ring (bicyclic) bond motifs is 1. The molecule has 0 saturated carbocycles. The van der Waals surface area contributed by atoms with Crippen LogP contribution in [0.4, 0.5) is 0 Å². The van der Waals surface area contributed by atoms with Crippen molar-refractivity contribution in [1.29, 1.82) is 0 Å². The van der Waals surface area contributed by atoms with Gasteiger partial charge in [0.1, 0.15) is 11.6 Å². The Morgan fingerprint density at radius 3 is 3.06 bits per heavy atom. The zero-order valence-corrected chi connectivity index (χ0v) is 10.1. The van der Waals surface area contributed by atoms with Crippen molar-refractivity contribution >= 4 is 28.8 Å². The maximum absolute atomic E-state index is 11.1. The molecule has 17 heavy (non-hydrogen) atoms. The second-order valence-electron chi connectivity index (χ2n) is 3.39. The Kier molecular flexibility index (Phi) is 3.65. The largest absolute Gasteiger partial charge is 0.468 e. The average Bonchev–Trinajstić information content (AvgIpc) is 2.77. The third kappa shape index (κ3) is 2.78. The van der Waals surface area contributed by atoms with Crippen LogP contribution < -0.4 is 5.73 Å². The van der Waals surface area contributed by atoms with Crippen LogP contribution in [-0.2, 0) is 9.53 Å². The van der Waals surface area contributed by atoms with Gasteiger partial charge >= 0.3 is 5.97 Å². The lowest BCUT2D eigenvalue weighted by Crippen LogP contribution is -2.33. The van der Waals surface area contributed by atoms with Crippen molar-refractivity contribution in [2.45, 2.75) is 11.3 Å². The lowest BCUT2D eigenvalue weighted by Gasteiger charge is -2.05. The van der Waals surface area contributed by atoms with Crippen LogP contribution in [0.2, 0.25) is 0 Å². The minimum absolute atomic E-state index is 0.374. The molecule has 1 heterocycles. The van der Waals surface area contributed by atoms with Gasteiger partial charge in [0.05, 0.1) is 7.11 Å². The number of para-hydroxylation sites is 2. The van der Waals surface area contributed by atoms with E-state index in [1.54, 1.807) is 0 Å². The number of carbonyl (C=O) groups is 1. The fourth-order valence-corrected chi connectivity index (χ4v) is 2.06. The lowest BCUT2D eigenvalue weighted by atomic mass is 10.3. The summed E-state index contributed by atoms with van der Waals surface area (Å²) >= 11 is 1.29. The number of aromatic nitrogens is 1. The van der Waals surface area contributed by atoms with Crippen molar-refractivity contribution in [3.05, 3.63) is 24.3 Å². The molecule has 0 unspecified atom stereocenters. The predicted octanol–water partition coefficient (Wildman–Crippen LogP) is 1.42. The maximum atomic E-state index is 11.1. The maximum Gasteiger partial charge on any atom is 0.323 e. The summed E-state index contributed by atoms with van der Waals surface area (Å²) in [5, 5.41) is 0.505. The van der Waals surface area contributed by atoms with E-state index in [9.17, 15) is 4.79 Å². The van der Waals surface area contributed by atoms with Crippen LogP contribution in [-0.4, -0.2) is 29.9 Å². The third-order valence-electron chi connectivity index (χ3n) is 2.16. The van der Waals surface area contributed by atoms with Gasteiger partial charge in [0, 0.05) is 5.75 Å². The summed E-state index contributed by atoms with van der Waals surface area (Å²) in [6.07, 6.45) is 0. The van der Waals surface area contributed by atoms with E-state index in [1.807, 2.05) is 24.3 Å². The molecule has 1 atom stereocenters. The summed E-state index contributed by atoms with van der Waals surface area (Å²) in [5.74, 6) is -0.0620. The molecule has 0 saturated heterocycles. The molecule has 0 bridgehead atoms. The highest BCUT2D eigenvalue weighted by atomic mass is 32.2. The van der Waals surface area contributed by atoms with Crippen LogP contribution >= 0.6 is 11.8 Å². The quantitative estimate of drug-likeness (QED) is 0.655. The lowest BCUT2D eigenvalue weighted by molar-refractivity contribution is -0.141. The summed E-state index contributed by atoms with van der Waals surface area (Å²) in [7, 11) is 1.31. The fraction of sp³-hybridized carbons (Fsp3) is 0.273. The summed E-state index contributed by atoms with van der Waals surface area (Å²) in [4.78, 5) is 15.4. The first kappa shape index (κ1) is 11.9. The summed E-state index contributed by atoms with van der Waals surface area (Å²) in [6, 6.07) is 6.80. The van der Waals surface area contributed by atoms with Crippen LogP contribution in [0.3, 0.4) is 0 Å². The van der Waals surface area contributed by atoms with E-state index in [0.717, 1.165) is 11.1 Å². The van der Waals surface area contributed by atoms with Gasteiger partial charge < -0.3 is 14.9 Å². The van der Waals surface area contributed by atoms with Crippen molar-refractivity contribution in [3.8, 4) is 0 Å². The van der Waals surface area contributed by atoms with Gasteiger partial charge in [-0.05, 0) is 12.1 Å². The number of thioether (sulfide) groups is 1. The predicted molar refractivity (Wildman–Crippen MR) is 64.7 cm³/mol. The molecule has 0 aliphatic heterocycles. The van der Waals surface area contributed by atoms with Crippen LogP contribution in [0.5, 0.6) is 0 Å². The molecule has 2 aromatic rings. The van der Waals surface area contributed by atoms with Gasteiger partial charge in [-0.25, -0.2) is 4.98 Å². The number of hydrogen-bond donors (Lipinski definition) is 1. The summed E-state index contributed by atoms with van der Waals surface area (Å²) < 4.78 is 10.0. The van der Waals surface area contributed by atoms with E-state index < -0.39 is 12.0 Å². The molecule has 6 heteroatoms. The van der Waals surface area contributed by atoms with Gasteiger partial charge in [-0.15, -0.1) is 0 Å². The van der Waals surface area contributed by atoms with E-state index in [4.69, 9.17) is 10.2 Å². The number of oxazole rings is 1. The molecule has 0 aliphatic rings. The molecule has 1 aromatic heterocycles. The second kappa shape index (κ2) is 5.20. The second-order valence-corrected chi connectivity index (χ2v) is 4.36. The van der Waals surface area contributed by atoms with Crippen molar-refractivity contribution in [2.75, 3.05) is 12.9 Å². The highest BCUT2D eigenvalue weighted by molar-refractivity contribution is 7.99. The van der Waals surface area contributed by atoms with Gasteiger partial charge in [-0.3, -0.25) is 4.79 Å². The number of methoxy groups -OCH3 is 1. The van der Waals surface area contributed by atoms with Crippen molar-refractivity contribution in [3.63, 3.8) is 0 Å². The molecule has 0 radical (unpaired) electrons. The highest BCUT2D eigenvalue weighted by Crippen LogP contribution is 2.23. The number of carbonyl (C=O) groups excluding carboxylic acids is 1. The molecule has 0 amide bonds. The topological polar surface area (TPSA) is 78.4 Å². The van der Waals surface area contributed by atoms with Crippen molar-refractivity contribution < 1.29 is 13.9 Å². The van der Waals surface area contributed by atoms with Gasteiger partial charge in [0.25, 0.3) is 5.22 Å². The fourth-order valence-electron chi connectivity index (χ4n) is 1.29. The number of benzene rings is 1. The Balaban J connectivity index is 2.01. The zero-order valence-electron chi connectivity index (χ0n) is 9.25. The van der Waals surface area contributed by atoms with Gasteiger partial charge in [0.15, 0.2) is 5.58 Å². The normalized spacial score (nSPS) is 12.6. The molecule has 0 spiro atoms. The number of rotatable bonds is 4. The van der Waals surface area contributed by atoms with Crippen molar-refractivity contribution in [1.82, 2.24) is 4.98 Å². The Labute approximate surface area is 102 Å². The van der Waals surface area contributed by atoms with E-state index in [0.29, 0.717) is 11.0 Å². The molecule has 0 aliphatic carbocycles. The molecule has 2 rings (SSSR count). The minimum Gasteiger partial charge on any atom is -0.468 e. The average molecular weight is 252 g/mol. The smallest absolute Gasteiger partial charge is 0.323 e. The number of nitrogens with two attached hydrogens (primary N) is 1. The van der Waals surface area contributed by atoms with E-state index in [2.05, 4.69) is 9.72 Å². The minimum atomic E-state index is -0.667. The molecular weight excluding hydrogens is 240 g/mol. The number of ether oxygens (including phenoxy) is 1. The molecular formula is C11H12N2O3S. The van der Waals surface area contributed by atoms with E-state index in [1.165, 1.54) is 18.9 Å². The number of hydrogen-bond acceptors (Lipinski definition) is 6. The number of esters is 1. The van der Waals surface area contributed by atoms with Crippen LogP contribution in [0, 0.1) is 0 Å². The standard InChI is InChI=1S/C11H12N2O3S/c1-15-10(14)7(12)6-17-11-13-8-4-2-3-5-9(8)16-11/h2-5,7H,6,12H2,1H3/t7-/m1/s1. The SMILES string of the molecule is COC(=O)[C@H](N)CSc1nc2ccccc2o1. The Morgan fingerprint density at radius 1 is 1.59 bits per heavy atom. The summed E-state index contributed by atoms with van der Waals surface area (Å²) in [5.41, 5.74) is 7.12. The van der Waals surface area contributed by atoms with Gasteiger partial charge in [0.2, 0.25) is 0 Å². The zero-order chi connectivity index (χ0) is 12.3. The van der Waals surface area contributed by atoms with Crippen molar-refractivity contribution in [2.24, 2.45) is 5.73 Å². The van der Waals surface area contributed by atoms with E-state index in [-0.39, 0.29) is 0 Å². The van der Waals surface area contributed by atoms with Crippen LogP contribution in [0.15, 0.2) is 33.9 Å². The monoisotopic (exact) mass is 252 g/mol. The van der Waals surface area contributed by atoms with Gasteiger partial charge in [-0.2, -0.15) is 0 Å². The van der Waals surface area contributed by atoms with E-state index >= 15 is 0 Å². The molecule has 0 fully saturated rings.